The van der Waals surface area contributed by atoms with Crippen LogP contribution in [0.3, 0.4) is 0 Å². The van der Waals surface area contributed by atoms with E-state index in [9.17, 15) is 9.59 Å². The lowest BCUT2D eigenvalue weighted by molar-refractivity contribution is -0.136. The van der Waals surface area contributed by atoms with Gasteiger partial charge in [0.2, 0.25) is 5.91 Å². The topological polar surface area (TPSA) is 103 Å². The summed E-state index contributed by atoms with van der Waals surface area (Å²) in [5, 5.41) is 5.39. The van der Waals surface area contributed by atoms with Gasteiger partial charge in [-0.1, -0.05) is 11.8 Å². The highest BCUT2D eigenvalue weighted by atomic mass is 32.2. The molecule has 1 atom stereocenters. The number of hydrogen-bond donors (Lipinski definition) is 1. The van der Waals surface area contributed by atoms with Gasteiger partial charge in [0.25, 0.3) is 0 Å². The highest BCUT2D eigenvalue weighted by Crippen LogP contribution is 2.47. The number of rotatable bonds is 8. The SMILES string of the molecule is COC(=O)C1=C(C)N=C2SC=C(CC(=O)NCc3ccco3)N2C1c1cc(OC)ccc1OC. The first-order valence-electron chi connectivity index (χ1n) is 10.5. The first kappa shape index (κ1) is 23.5. The average molecular weight is 484 g/mol. The highest BCUT2D eigenvalue weighted by molar-refractivity contribution is 8.16. The van der Waals surface area contributed by atoms with Gasteiger partial charge in [-0.15, -0.1) is 0 Å². The highest BCUT2D eigenvalue weighted by Gasteiger charge is 2.42. The van der Waals surface area contributed by atoms with Gasteiger partial charge in [0.1, 0.15) is 17.3 Å². The normalized spacial score (nSPS) is 17.1. The van der Waals surface area contributed by atoms with E-state index in [0.29, 0.717) is 45.0 Å². The number of furan rings is 1. The predicted molar refractivity (Wildman–Crippen MR) is 127 cm³/mol. The Kier molecular flexibility index (Phi) is 6.97. The second-order valence-corrected chi connectivity index (χ2v) is 8.36. The zero-order chi connectivity index (χ0) is 24.2. The molecule has 0 spiro atoms. The molecule has 10 heteroatoms. The monoisotopic (exact) mass is 483 g/mol. The number of nitrogens with zero attached hydrogens (tertiary/aromatic N) is 2. The van der Waals surface area contributed by atoms with Crippen LogP contribution in [-0.2, 0) is 20.9 Å². The Hall–Kier alpha value is -3.66. The van der Waals surface area contributed by atoms with Gasteiger partial charge in [-0.05, 0) is 42.7 Å². The summed E-state index contributed by atoms with van der Waals surface area (Å²) in [6.07, 6.45) is 1.65. The van der Waals surface area contributed by atoms with Crippen molar-refractivity contribution in [3.63, 3.8) is 0 Å². The number of amides is 1. The predicted octanol–water partition coefficient (Wildman–Crippen LogP) is 3.75. The van der Waals surface area contributed by atoms with Crippen LogP contribution >= 0.6 is 11.8 Å². The van der Waals surface area contributed by atoms with E-state index in [0.717, 1.165) is 0 Å². The maximum absolute atomic E-state index is 12.9. The number of fused-ring (bicyclic) bond motifs is 1. The molecule has 2 aliphatic heterocycles. The number of carbonyl (C=O) groups is 2. The number of thioether (sulfide) groups is 1. The molecule has 4 rings (SSSR count). The molecule has 1 unspecified atom stereocenters. The van der Waals surface area contributed by atoms with Crippen molar-refractivity contribution in [1.29, 1.82) is 0 Å². The molecule has 9 nitrogen and oxygen atoms in total. The molecule has 0 saturated carbocycles. The molecule has 1 aromatic heterocycles. The maximum atomic E-state index is 12.9. The van der Waals surface area contributed by atoms with Gasteiger partial charge in [-0.3, -0.25) is 4.79 Å². The average Bonchev–Trinajstić information content (AvgIpc) is 3.51. The third kappa shape index (κ3) is 4.54. The number of allylic oxidation sites excluding steroid dienone is 1. The van der Waals surface area contributed by atoms with E-state index in [1.807, 2.05) is 16.4 Å². The summed E-state index contributed by atoms with van der Waals surface area (Å²) in [5.41, 5.74) is 2.29. The largest absolute Gasteiger partial charge is 0.497 e. The Balaban J connectivity index is 1.70. The molecule has 0 saturated heterocycles. The molecular weight excluding hydrogens is 458 g/mol. The van der Waals surface area contributed by atoms with Gasteiger partial charge < -0.3 is 28.8 Å². The summed E-state index contributed by atoms with van der Waals surface area (Å²) in [6, 6.07) is 8.33. The molecule has 1 amide bonds. The number of amidine groups is 1. The van der Waals surface area contributed by atoms with Gasteiger partial charge in [0.05, 0.1) is 57.9 Å². The zero-order valence-corrected chi connectivity index (χ0v) is 20.1. The number of aliphatic imine (C=N–C) groups is 1. The Bertz CT molecular complexity index is 1190. The molecule has 1 N–H and O–H groups in total. The second-order valence-electron chi connectivity index (χ2n) is 7.53. The van der Waals surface area contributed by atoms with Gasteiger partial charge in [0, 0.05) is 11.3 Å². The minimum Gasteiger partial charge on any atom is -0.497 e. The fourth-order valence-electron chi connectivity index (χ4n) is 3.91. The number of benzene rings is 1. The van der Waals surface area contributed by atoms with Gasteiger partial charge in [-0.2, -0.15) is 0 Å². The van der Waals surface area contributed by atoms with Crippen LogP contribution in [0.4, 0.5) is 0 Å². The summed E-state index contributed by atoms with van der Waals surface area (Å²) in [5.74, 6) is 1.14. The van der Waals surface area contributed by atoms with E-state index in [1.54, 1.807) is 51.7 Å². The van der Waals surface area contributed by atoms with E-state index >= 15 is 0 Å². The fourth-order valence-corrected chi connectivity index (χ4v) is 4.88. The van der Waals surface area contributed by atoms with E-state index in [4.69, 9.17) is 18.6 Å². The van der Waals surface area contributed by atoms with Crippen LogP contribution in [-0.4, -0.2) is 43.3 Å². The first-order chi connectivity index (χ1) is 16.5. The van der Waals surface area contributed by atoms with E-state index in [-0.39, 0.29) is 18.9 Å². The van der Waals surface area contributed by atoms with Crippen LogP contribution in [0.15, 0.2) is 68.4 Å². The fraction of sp³-hybridized carbons (Fsp3) is 0.292. The van der Waals surface area contributed by atoms with Crippen LogP contribution in [0.25, 0.3) is 0 Å². The summed E-state index contributed by atoms with van der Waals surface area (Å²) in [6.45, 7) is 2.05. The minimum atomic E-state index is -0.621. The third-order valence-corrected chi connectivity index (χ3v) is 6.41. The first-order valence-corrected chi connectivity index (χ1v) is 11.4. The maximum Gasteiger partial charge on any atom is 0.338 e. The van der Waals surface area contributed by atoms with Crippen LogP contribution < -0.4 is 14.8 Å². The van der Waals surface area contributed by atoms with Crippen molar-refractivity contribution in [3.05, 3.63) is 70.3 Å². The summed E-state index contributed by atoms with van der Waals surface area (Å²) in [4.78, 5) is 32.2. The summed E-state index contributed by atoms with van der Waals surface area (Å²) in [7, 11) is 4.47. The molecule has 34 heavy (non-hydrogen) atoms. The molecule has 0 aliphatic carbocycles. The number of methoxy groups -OCH3 is 3. The Morgan fingerprint density at radius 1 is 1.21 bits per heavy atom. The van der Waals surface area contributed by atoms with Crippen molar-refractivity contribution in [2.24, 2.45) is 4.99 Å². The van der Waals surface area contributed by atoms with Gasteiger partial charge in [0.15, 0.2) is 5.17 Å². The Morgan fingerprint density at radius 3 is 2.71 bits per heavy atom. The molecular formula is C24H25N3O6S. The molecule has 0 fully saturated rings. The lowest BCUT2D eigenvalue weighted by Gasteiger charge is -2.36. The third-order valence-electron chi connectivity index (χ3n) is 5.52. The number of carbonyl (C=O) groups excluding carboxylic acids is 2. The quantitative estimate of drug-likeness (QED) is 0.567. The lowest BCUT2D eigenvalue weighted by atomic mass is 9.93. The number of nitrogens with one attached hydrogen (secondary N) is 1. The van der Waals surface area contributed by atoms with E-state index < -0.39 is 12.0 Å². The van der Waals surface area contributed by atoms with Crippen LogP contribution in [0.1, 0.15) is 30.7 Å². The van der Waals surface area contributed by atoms with Crippen LogP contribution in [0.5, 0.6) is 11.5 Å². The zero-order valence-electron chi connectivity index (χ0n) is 19.3. The standard InChI is InChI=1S/C24H25N3O6S/c1-14-21(23(29)32-4)22(18-11-16(30-2)7-8-19(18)31-3)27-15(13-34-24(27)26-14)10-20(28)25-12-17-6-5-9-33-17/h5-9,11,13,22H,10,12H2,1-4H3,(H,25,28). The van der Waals surface area contributed by atoms with Crippen molar-refractivity contribution >= 4 is 28.8 Å². The van der Waals surface area contributed by atoms with Crippen LogP contribution in [0.2, 0.25) is 0 Å². The molecule has 2 aromatic rings. The second kappa shape index (κ2) is 10.1. The number of ether oxygens (including phenoxy) is 3. The van der Waals surface area contributed by atoms with E-state index in [2.05, 4.69) is 10.3 Å². The molecule has 0 bridgehead atoms. The molecule has 0 radical (unpaired) electrons. The Labute approximate surface area is 201 Å². The smallest absolute Gasteiger partial charge is 0.338 e. The van der Waals surface area contributed by atoms with E-state index in [1.165, 1.54) is 18.9 Å². The lowest BCUT2D eigenvalue weighted by Crippen LogP contribution is -2.38. The molecule has 1 aromatic carbocycles. The van der Waals surface area contributed by atoms with Crippen molar-refractivity contribution in [2.45, 2.75) is 25.9 Å². The molecule has 178 valence electrons. The van der Waals surface area contributed by atoms with Crippen molar-refractivity contribution in [1.82, 2.24) is 10.2 Å². The van der Waals surface area contributed by atoms with Gasteiger partial charge in [-0.25, -0.2) is 9.79 Å². The molecule has 3 heterocycles. The summed E-state index contributed by atoms with van der Waals surface area (Å²) < 4.78 is 21.4. The molecule has 2 aliphatic rings. The van der Waals surface area contributed by atoms with Crippen molar-refractivity contribution < 1.29 is 28.2 Å². The number of esters is 1. The summed E-state index contributed by atoms with van der Waals surface area (Å²) >= 11 is 1.40. The minimum absolute atomic E-state index is 0.0863. The van der Waals surface area contributed by atoms with Crippen molar-refractivity contribution in [2.75, 3.05) is 21.3 Å². The van der Waals surface area contributed by atoms with Crippen molar-refractivity contribution in [3.8, 4) is 11.5 Å². The van der Waals surface area contributed by atoms with Gasteiger partial charge >= 0.3 is 5.97 Å². The Morgan fingerprint density at radius 2 is 2.03 bits per heavy atom. The number of hydrogen-bond acceptors (Lipinski definition) is 9. The van der Waals surface area contributed by atoms with Crippen LogP contribution in [0, 0.1) is 0 Å².